The van der Waals surface area contributed by atoms with Gasteiger partial charge >= 0.3 is 0 Å². The molecule has 15 heavy (non-hydrogen) atoms. The molecule has 0 aromatic heterocycles. The second-order valence-corrected chi connectivity index (χ2v) is 5.06. The molecule has 0 aliphatic heterocycles. The van der Waals surface area contributed by atoms with Crippen molar-refractivity contribution in [2.75, 3.05) is 13.1 Å². The molecule has 3 nitrogen and oxygen atoms in total. The average Bonchev–Trinajstić information content (AvgIpc) is 2.94. The first-order valence-electron chi connectivity index (χ1n) is 6.29. The molecule has 3 heteroatoms. The van der Waals surface area contributed by atoms with Crippen LogP contribution in [0, 0.1) is 17.8 Å². The third-order valence-electron chi connectivity index (χ3n) is 3.85. The van der Waals surface area contributed by atoms with E-state index in [2.05, 4.69) is 5.32 Å². The van der Waals surface area contributed by atoms with Crippen molar-refractivity contribution >= 4 is 5.91 Å². The molecule has 3 N–H and O–H groups in total. The third kappa shape index (κ3) is 2.94. The molecule has 0 bridgehead atoms. The SMILES string of the molecule is NC[C@H]1CCC[C@H]1C(=O)NCCC1CC1. The number of nitrogens with two attached hydrogens (primary N) is 1. The van der Waals surface area contributed by atoms with Crippen LogP contribution >= 0.6 is 0 Å². The molecule has 2 aliphatic rings. The number of hydrogen-bond acceptors (Lipinski definition) is 2. The number of nitrogens with one attached hydrogen (secondary N) is 1. The molecule has 2 fully saturated rings. The summed E-state index contributed by atoms with van der Waals surface area (Å²) in [6, 6.07) is 0. The van der Waals surface area contributed by atoms with Crippen molar-refractivity contribution in [3.63, 3.8) is 0 Å². The molecule has 86 valence electrons. The number of hydrogen-bond donors (Lipinski definition) is 2. The predicted molar refractivity (Wildman–Crippen MR) is 60.2 cm³/mol. The lowest BCUT2D eigenvalue weighted by Gasteiger charge is -2.17. The van der Waals surface area contributed by atoms with Crippen LogP contribution in [-0.2, 0) is 4.79 Å². The van der Waals surface area contributed by atoms with Gasteiger partial charge in [0.05, 0.1) is 0 Å². The van der Waals surface area contributed by atoms with Crippen molar-refractivity contribution in [1.82, 2.24) is 5.32 Å². The lowest BCUT2D eigenvalue weighted by Crippen LogP contribution is -2.35. The second-order valence-electron chi connectivity index (χ2n) is 5.06. The van der Waals surface area contributed by atoms with Gasteiger partial charge in [0.2, 0.25) is 5.91 Å². The largest absolute Gasteiger partial charge is 0.356 e. The van der Waals surface area contributed by atoms with Crippen molar-refractivity contribution in [2.45, 2.75) is 38.5 Å². The van der Waals surface area contributed by atoms with E-state index in [-0.39, 0.29) is 11.8 Å². The van der Waals surface area contributed by atoms with Gasteiger partial charge in [-0.2, -0.15) is 0 Å². The maximum atomic E-state index is 11.8. The summed E-state index contributed by atoms with van der Waals surface area (Å²) in [4.78, 5) is 11.8. The fraction of sp³-hybridized carbons (Fsp3) is 0.917. The summed E-state index contributed by atoms with van der Waals surface area (Å²) in [7, 11) is 0. The van der Waals surface area contributed by atoms with Crippen LogP contribution in [-0.4, -0.2) is 19.0 Å². The molecule has 0 radical (unpaired) electrons. The Morgan fingerprint density at radius 3 is 2.73 bits per heavy atom. The van der Waals surface area contributed by atoms with Crippen LogP contribution in [0.4, 0.5) is 0 Å². The Kier molecular flexibility index (Phi) is 3.62. The second kappa shape index (κ2) is 4.97. The highest BCUT2D eigenvalue weighted by Crippen LogP contribution is 2.32. The van der Waals surface area contributed by atoms with E-state index in [9.17, 15) is 4.79 Å². The molecule has 2 aliphatic carbocycles. The van der Waals surface area contributed by atoms with Gasteiger partial charge < -0.3 is 11.1 Å². The number of carbonyl (C=O) groups is 1. The van der Waals surface area contributed by atoms with E-state index in [0.717, 1.165) is 25.3 Å². The highest BCUT2D eigenvalue weighted by atomic mass is 16.1. The van der Waals surface area contributed by atoms with E-state index in [1.165, 1.54) is 25.7 Å². The Hall–Kier alpha value is -0.570. The van der Waals surface area contributed by atoms with Crippen LogP contribution in [0.3, 0.4) is 0 Å². The van der Waals surface area contributed by atoms with E-state index in [1.54, 1.807) is 0 Å². The molecular weight excluding hydrogens is 188 g/mol. The molecule has 0 aromatic carbocycles. The highest BCUT2D eigenvalue weighted by Gasteiger charge is 2.31. The van der Waals surface area contributed by atoms with Crippen molar-refractivity contribution < 1.29 is 4.79 Å². The summed E-state index contributed by atoms with van der Waals surface area (Å²) in [6.45, 7) is 1.54. The molecule has 0 aromatic rings. The molecule has 2 atom stereocenters. The Morgan fingerprint density at radius 1 is 1.27 bits per heavy atom. The van der Waals surface area contributed by atoms with Crippen LogP contribution in [0.15, 0.2) is 0 Å². The highest BCUT2D eigenvalue weighted by molar-refractivity contribution is 5.79. The zero-order valence-electron chi connectivity index (χ0n) is 9.37. The predicted octanol–water partition coefficient (Wildman–Crippen LogP) is 1.28. The fourth-order valence-corrected chi connectivity index (χ4v) is 2.60. The molecule has 0 heterocycles. The average molecular weight is 210 g/mol. The first kappa shape index (κ1) is 10.9. The number of carbonyl (C=O) groups excluding carboxylic acids is 1. The lowest BCUT2D eigenvalue weighted by atomic mass is 9.95. The summed E-state index contributed by atoms with van der Waals surface area (Å²) >= 11 is 0. The maximum Gasteiger partial charge on any atom is 0.223 e. The Morgan fingerprint density at radius 2 is 2.07 bits per heavy atom. The molecule has 2 saturated carbocycles. The van der Waals surface area contributed by atoms with E-state index in [0.29, 0.717) is 12.5 Å². The maximum absolute atomic E-state index is 11.8. The van der Waals surface area contributed by atoms with Crippen molar-refractivity contribution in [2.24, 2.45) is 23.5 Å². The van der Waals surface area contributed by atoms with Crippen LogP contribution in [0.5, 0.6) is 0 Å². The zero-order chi connectivity index (χ0) is 10.7. The first-order chi connectivity index (χ1) is 7.31. The van der Waals surface area contributed by atoms with Crippen LogP contribution < -0.4 is 11.1 Å². The quantitative estimate of drug-likeness (QED) is 0.718. The summed E-state index contributed by atoms with van der Waals surface area (Å²) in [5.74, 6) is 1.79. The minimum atomic E-state index is 0.203. The standard InChI is InChI=1S/C12H22N2O/c13-8-10-2-1-3-11(10)12(15)14-7-6-9-4-5-9/h9-11H,1-8,13H2,(H,14,15)/t10-,11-/m1/s1. The van der Waals surface area contributed by atoms with Crippen molar-refractivity contribution in [3.05, 3.63) is 0 Å². The van der Waals surface area contributed by atoms with Gasteiger partial charge in [-0.25, -0.2) is 0 Å². The van der Waals surface area contributed by atoms with Gasteiger partial charge in [0.25, 0.3) is 0 Å². The summed E-state index contributed by atoms with van der Waals surface area (Å²) < 4.78 is 0. The molecular formula is C12H22N2O. The minimum absolute atomic E-state index is 0.203. The normalized spacial score (nSPS) is 30.5. The van der Waals surface area contributed by atoms with E-state index >= 15 is 0 Å². The van der Waals surface area contributed by atoms with E-state index in [1.807, 2.05) is 0 Å². The summed E-state index contributed by atoms with van der Waals surface area (Å²) in [5.41, 5.74) is 5.67. The van der Waals surface area contributed by atoms with Crippen LogP contribution in [0.2, 0.25) is 0 Å². The number of rotatable bonds is 5. The van der Waals surface area contributed by atoms with Gasteiger partial charge in [0.1, 0.15) is 0 Å². The monoisotopic (exact) mass is 210 g/mol. The molecule has 0 unspecified atom stereocenters. The van der Waals surface area contributed by atoms with Gasteiger partial charge in [-0.15, -0.1) is 0 Å². The fourth-order valence-electron chi connectivity index (χ4n) is 2.60. The van der Waals surface area contributed by atoms with Gasteiger partial charge in [0.15, 0.2) is 0 Å². The van der Waals surface area contributed by atoms with Crippen molar-refractivity contribution in [3.8, 4) is 0 Å². The summed E-state index contributed by atoms with van der Waals surface area (Å²) in [6.07, 6.45) is 7.25. The van der Waals surface area contributed by atoms with Crippen LogP contribution in [0.25, 0.3) is 0 Å². The topological polar surface area (TPSA) is 55.1 Å². The van der Waals surface area contributed by atoms with Gasteiger partial charge in [-0.1, -0.05) is 19.3 Å². The van der Waals surface area contributed by atoms with Crippen molar-refractivity contribution in [1.29, 1.82) is 0 Å². The number of amides is 1. The Balaban J connectivity index is 1.68. The molecule has 1 amide bonds. The first-order valence-corrected chi connectivity index (χ1v) is 6.29. The molecule has 0 spiro atoms. The van der Waals surface area contributed by atoms with E-state index < -0.39 is 0 Å². The van der Waals surface area contributed by atoms with Gasteiger partial charge in [-0.3, -0.25) is 4.79 Å². The van der Waals surface area contributed by atoms with Gasteiger partial charge in [-0.05, 0) is 37.6 Å². The Bertz CT molecular complexity index is 226. The third-order valence-corrected chi connectivity index (χ3v) is 3.85. The summed E-state index contributed by atoms with van der Waals surface area (Å²) in [5, 5.41) is 3.07. The molecule has 0 saturated heterocycles. The Labute approximate surface area is 91.8 Å². The molecule has 2 rings (SSSR count). The van der Waals surface area contributed by atoms with Crippen LogP contribution in [0.1, 0.15) is 38.5 Å². The van der Waals surface area contributed by atoms with Gasteiger partial charge in [0, 0.05) is 12.5 Å². The smallest absolute Gasteiger partial charge is 0.223 e. The minimum Gasteiger partial charge on any atom is -0.356 e. The zero-order valence-corrected chi connectivity index (χ0v) is 9.37. The lowest BCUT2D eigenvalue weighted by molar-refractivity contribution is -0.125. The van der Waals surface area contributed by atoms with E-state index in [4.69, 9.17) is 5.73 Å².